The van der Waals surface area contributed by atoms with E-state index in [9.17, 15) is 13.2 Å². The molecule has 9 heteroatoms. The minimum atomic E-state index is -3.68. The number of aromatic nitrogens is 2. The molecule has 1 aliphatic heterocycles. The number of benzene rings is 2. The molecule has 0 radical (unpaired) electrons. The van der Waals surface area contributed by atoms with Gasteiger partial charge in [0.2, 0.25) is 10.0 Å². The molecule has 4 rings (SSSR count). The molecule has 1 aliphatic rings. The van der Waals surface area contributed by atoms with E-state index in [4.69, 9.17) is 4.74 Å². The molecule has 8 nitrogen and oxygen atoms in total. The Morgan fingerprint density at radius 1 is 1.13 bits per heavy atom. The number of aryl methyl sites for hydroxylation is 2. The smallest absolute Gasteiger partial charge is 0.274 e. The van der Waals surface area contributed by atoms with Gasteiger partial charge in [0.1, 0.15) is 13.1 Å². The summed E-state index contributed by atoms with van der Waals surface area (Å²) in [7, 11) is -2.09. The summed E-state index contributed by atoms with van der Waals surface area (Å²) >= 11 is 0. The van der Waals surface area contributed by atoms with Gasteiger partial charge in [0.15, 0.2) is 0 Å². The SMILES string of the molecule is Cc1ccc(-c2nn(C)c(=O)c3ccccc23)cc1S(=O)(=O)NCC[NH+]1CCOCC1. The molecule has 1 saturated heterocycles. The van der Waals surface area contributed by atoms with Gasteiger partial charge in [0.05, 0.1) is 42.3 Å². The molecule has 1 fully saturated rings. The third kappa shape index (κ3) is 4.54. The number of hydrogen-bond donors (Lipinski definition) is 2. The minimum Gasteiger partial charge on any atom is -0.370 e. The molecule has 1 aromatic heterocycles. The molecule has 0 unspecified atom stereocenters. The van der Waals surface area contributed by atoms with E-state index in [1.807, 2.05) is 18.2 Å². The Morgan fingerprint density at radius 2 is 1.84 bits per heavy atom. The summed E-state index contributed by atoms with van der Waals surface area (Å²) in [6.07, 6.45) is 0. The summed E-state index contributed by atoms with van der Waals surface area (Å²) < 4.78 is 35.5. The molecule has 0 saturated carbocycles. The summed E-state index contributed by atoms with van der Waals surface area (Å²) in [5.74, 6) is 0. The molecule has 31 heavy (non-hydrogen) atoms. The molecule has 2 aromatic carbocycles. The number of quaternary nitrogens is 1. The van der Waals surface area contributed by atoms with Gasteiger partial charge in [-0.05, 0) is 24.6 Å². The molecule has 2 N–H and O–H groups in total. The number of sulfonamides is 1. The second kappa shape index (κ2) is 8.88. The van der Waals surface area contributed by atoms with Crippen LogP contribution in [0.4, 0.5) is 0 Å². The molecular weight excluding hydrogens is 416 g/mol. The molecule has 0 spiro atoms. The lowest BCUT2D eigenvalue weighted by Crippen LogP contribution is -3.14. The van der Waals surface area contributed by atoms with Gasteiger partial charge in [-0.3, -0.25) is 4.79 Å². The molecule has 0 atom stereocenters. The van der Waals surface area contributed by atoms with Crippen molar-refractivity contribution in [3.63, 3.8) is 0 Å². The predicted octanol–water partition coefficient (Wildman–Crippen LogP) is 0.102. The van der Waals surface area contributed by atoms with Crippen molar-refractivity contribution >= 4 is 20.8 Å². The van der Waals surface area contributed by atoms with Crippen molar-refractivity contribution in [3.05, 3.63) is 58.4 Å². The van der Waals surface area contributed by atoms with Gasteiger partial charge in [-0.1, -0.05) is 30.3 Å². The van der Waals surface area contributed by atoms with E-state index in [0.717, 1.165) is 13.1 Å². The predicted molar refractivity (Wildman–Crippen MR) is 119 cm³/mol. The Labute approximate surface area is 181 Å². The monoisotopic (exact) mass is 443 g/mol. The Kier molecular flexibility index (Phi) is 6.19. The molecule has 3 aromatic rings. The first-order chi connectivity index (χ1) is 14.9. The highest BCUT2D eigenvalue weighted by molar-refractivity contribution is 7.89. The fraction of sp³-hybridized carbons (Fsp3) is 0.364. The average molecular weight is 444 g/mol. The van der Waals surface area contributed by atoms with Crippen LogP contribution in [-0.4, -0.2) is 57.6 Å². The maximum atomic E-state index is 13.0. The quantitative estimate of drug-likeness (QED) is 0.564. The molecule has 164 valence electrons. The third-order valence-electron chi connectivity index (χ3n) is 5.68. The Bertz CT molecular complexity index is 1260. The van der Waals surface area contributed by atoms with Crippen LogP contribution in [0.1, 0.15) is 5.56 Å². The molecule has 0 aliphatic carbocycles. The molecule has 0 amide bonds. The van der Waals surface area contributed by atoms with E-state index >= 15 is 0 Å². The first-order valence-electron chi connectivity index (χ1n) is 10.3. The normalized spacial score (nSPS) is 15.4. The van der Waals surface area contributed by atoms with Crippen molar-refractivity contribution in [1.82, 2.24) is 14.5 Å². The van der Waals surface area contributed by atoms with E-state index in [0.29, 0.717) is 53.9 Å². The second-order valence-electron chi connectivity index (χ2n) is 7.81. The van der Waals surface area contributed by atoms with Crippen LogP contribution in [0.3, 0.4) is 0 Å². The largest absolute Gasteiger partial charge is 0.370 e. The van der Waals surface area contributed by atoms with Crippen molar-refractivity contribution in [2.75, 3.05) is 39.4 Å². The van der Waals surface area contributed by atoms with Gasteiger partial charge in [0, 0.05) is 18.0 Å². The van der Waals surface area contributed by atoms with Crippen molar-refractivity contribution in [2.24, 2.45) is 7.05 Å². The summed E-state index contributed by atoms with van der Waals surface area (Å²) in [5, 5.41) is 5.66. The zero-order valence-corrected chi connectivity index (χ0v) is 18.5. The summed E-state index contributed by atoms with van der Waals surface area (Å²) in [5.41, 5.74) is 1.69. The highest BCUT2D eigenvalue weighted by Gasteiger charge is 2.21. The summed E-state index contributed by atoms with van der Waals surface area (Å²) in [6.45, 7) is 6.06. The number of rotatable bonds is 6. The molecular formula is C22H27N4O4S+. The minimum absolute atomic E-state index is 0.188. The Hall–Kier alpha value is -2.59. The van der Waals surface area contributed by atoms with Gasteiger partial charge in [-0.2, -0.15) is 5.10 Å². The lowest BCUT2D eigenvalue weighted by molar-refractivity contribution is -0.906. The number of fused-ring (bicyclic) bond motifs is 1. The average Bonchev–Trinajstić information content (AvgIpc) is 2.77. The van der Waals surface area contributed by atoms with Crippen LogP contribution in [0.15, 0.2) is 52.2 Å². The van der Waals surface area contributed by atoms with E-state index in [1.54, 1.807) is 38.2 Å². The topological polar surface area (TPSA) is 94.7 Å². The van der Waals surface area contributed by atoms with Crippen LogP contribution in [0.2, 0.25) is 0 Å². The highest BCUT2D eigenvalue weighted by atomic mass is 32.2. The van der Waals surface area contributed by atoms with Gasteiger partial charge < -0.3 is 9.64 Å². The number of hydrogen-bond acceptors (Lipinski definition) is 5. The van der Waals surface area contributed by atoms with Crippen LogP contribution in [0, 0.1) is 6.92 Å². The van der Waals surface area contributed by atoms with Crippen molar-refractivity contribution < 1.29 is 18.1 Å². The lowest BCUT2D eigenvalue weighted by Gasteiger charge is -2.23. The van der Waals surface area contributed by atoms with E-state index in [2.05, 4.69) is 9.82 Å². The van der Waals surface area contributed by atoms with Crippen LogP contribution in [-0.2, 0) is 21.8 Å². The zero-order valence-electron chi connectivity index (χ0n) is 17.7. The van der Waals surface area contributed by atoms with Crippen molar-refractivity contribution in [3.8, 4) is 11.3 Å². The van der Waals surface area contributed by atoms with Gasteiger partial charge in [-0.25, -0.2) is 17.8 Å². The maximum absolute atomic E-state index is 13.0. The van der Waals surface area contributed by atoms with Crippen LogP contribution >= 0.6 is 0 Å². The van der Waals surface area contributed by atoms with E-state index in [1.165, 1.54) is 9.58 Å². The van der Waals surface area contributed by atoms with Gasteiger partial charge >= 0.3 is 0 Å². The van der Waals surface area contributed by atoms with Crippen LogP contribution in [0.25, 0.3) is 22.0 Å². The summed E-state index contributed by atoms with van der Waals surface area (Å²) in [6, 6.07) is 12.5. The zero-order chi connectivity index (χ0) is 22.0. The van der Waals surface area contributed by atoms with Crippen LogP contribution in [0.5, 0.6) is 0 Å². The Balaban J connectivity index is 1.65. The molecule has 2 heterocycles. The number of nitrogens with zero attached hydrogens (tertiary/aromatic N) is 2. The first-order valence-corrected chi connectivity index (χ1v) is 11.8. The van der Waals surface area contributed by atoms with E-state index < -0.39 is 10.0 Å². The van der Waals surface area contributed by atoms with Gasteiger partial charge in [-0.15, -0.1) is 0 Å². The molecule has 0 bridgehead atoms. The van der Waals surface area contributed by atoms with Gasteiger partial charge in [0.25, 0.3) is 5.56 Å². The van der Waals surface area contributed by atoms with E-state index in [-0.39, 0.29) is 10.5 Å². The second-order valence-corrected chi connectivity index (χ2v) is 9.55. The number of ether oxygens (including phenoxy) is 1. The number of morpholine rings is 1. The fourth-order valence-electron chi connectivity index (χ4n) is 3.90. The number of nitrogens with one attached hydrogen (secondary N) is 2. The standard InChI is InChI=1S/C22H26N4O4S/c1-16-7-8-17(21-18-5-3-4-6-19(18)22(27)25(2)24-21)15-20(16)31(28,29)23-9-10-26-11-13-30-14-12-26/h3-8,15,23H,9-14H2,1-2H3/p+1. The van der Waals surface area contributed by atoms with Crippen molar-refractivity contribution in [2.45, 2.75) is 11.8 Å². The first kappa shape index (κ1) is 21.6. The highest BCUT2D eigenvalue weighted by Crippen LogP contribution is 2.28. The summed E-state index contributed by atoms with van der Waals surface area (Å²) in [4.78, 5) is 14.0. The maximum Gasteiger partial charge on any atom is 0.274 e. The fourth-order valence-corrected chi connectivity index (χ4v) is 5.20. The van der Waals surface area contributed by atoms with Crippen molar-refractivity contribution in [1.29, 1.82) is 0 Å². The van der Waals surface area contributed by atoms with Crippen LogP contribution < -0.4 is 15.2 Å². The third-order valence-corrected chi connectivity index (χ3v) is 7.28. The Morgan fingerprint density at radius 3 is 2.58 bits per heavy atom. The lowest BCUT2D eigenvalue weighted by atomic mass is 10.0.